The first-order valence-corrected chi connectivity index (χ1v) is 10.5. The van der Waals surface area contributed by atoms with Crippen molar-refractivity contribution in [3.05, 3.63) is 78.1 Å². The second-order valence-electron chi connectivity index (χ2n) is 6.30. The number of rotatable bonds is 8. The molecule has 0 bridgehead atoms. The van der Waals surface area contributed by atoms with Gasteiger partial charge in [-0.05, 0) is 54.6 Å². The summed E-state index contributed by atoms with van der Waals surface area (Å²) in [6.07, 6.45) is 0. The van der Waals surface area contributed by atoms with E-state index in [4.69, 9.17) is 4.74 Å². The van der Waals surface area contributed by atoms with Crippen LogP contribution in [0.25, 0.3) is 0 Å². The van der Waals surface area contributed by atoms with Crippen LogP contribution >= 0.6 is 0 Å². The fourth-order valence-corrected chi connectivity index (χ4v) is 3.78. The summed E-state index contributed by atoms with van der Waals surface area (Å²) in [6.45, 7) is -3.12. The Balaban J connectivity index is 1.85. The SMILES string of the molecule is COc1ccc(C(=O)Nc2ccccc2NS(=O)(=O)c2ccc(F)cc2)cc1OC(F)F. The second kappa shape index (κ2) is 9.60. The van der Waals surface area contributed by atoms with Gasteiger partial charge in [-0.3, -0.25) is 9.52 Å². The molecule has 0 aromatic heterocycles. The highest BCUT2D eigenvalue weighted by atomic mass is 32.2. The standard InChI is InChI=1S/C21H17F3N2O5S/c1-30-18-11-6-13(12-19(18)31-21(23)24)20(27)25-16-4-2-3-5-17(16)26-32(28,29)15-9-7-14(22)8-10-15/h2-12,21,26H,1H3,(H,25,27). The van der Waals surface area contributed by atoms with Crippen molar-refractivity contribution in [2.45, 2.75) is 11.5 Å². The van der Waals surface area contributed by atoms with Crippen molar-refractivity contribution in [3.8, 4) is 11.5 Å². The highest BCUT2D eigenvalue weighted by Gasteiger charge is 2.19. The number of nitrogens with one attached hydrogen (secondary N) is 2. The van der Waals surface area contributed by atoms with Crippen LogP contribution in [0, 0.1) is 5.82 Å². The van der Waals surface area contributed by atoms with Gasteiger partial charge in [-0.25, -0.2) is 12.8 Å². The Morgan fingerprint density at radius 2 is 1.59 bits per heavy atom. The largest absolute Gasteiger partial charge is 0.493 e. The monoisotopic (exact) mass is 466 g/mol. The van der Waals surface area contributed by atoms with Crippen LogP contribution in [0.5, 0.6) is 11.5 Å². The van der Waals surface area contributed by atoms with Crippen LogP contribution in [0.2, 0.25) is 0 Å². The molecule has 0 radical (unpaired) electrons. The number of ether oxygens (including phenoxy) is 2. The van der Waals surface area contributed by atoms with Gasteiger partial charge in [0.15, 0.2) is 11.5 Å². The molecule has 0 fully saturated rings. The van der Waals surface area contributed by atoms with E-state index in [1.807, 2.05) is 0 Å². The van der Waals surface area contributed by atoms with Gasteiger partial charge in [0.25, 0.3) is 15.9 Å². The lowest BCUT2D eigenvalue weighted by Gasteiger charge is -2.15. The number of para-hydroxylation sites is 2. The summed E-state index contributed by atoms with van der Waals surface area (Å²) < 4.78 is 75.2. The number of sulfonamides is 1. The summed E-state index contributed by atoms with van der Waals surface area (Å²) in [4.78, 5) is 12.5. The number of hydrogen-bond acceptors (Lipinski definition) is 5. The number of anilines is 2. The maximum absolute atomic E-state index is 13.1. The molecule has 7 nitrogen and oxygen atoms in total. The summed E-state index contributed by atoms with van der Waals surface area (Å²) in [5, 5.41) is 2.52. The van der Waals surface area contributed by atoms with Crippen molar-refractivity contribution in [1.29, 1.82) is 0 Å². The van der Waals surface area contributed by atoms with E-state index in [2.05, 4.69) is 14.8 Å². The number of carbonyl (C=O) groups excluding carboxylic acids is 1. The zero-order valence-corrected chi connectivity index (χ0v) is 17.3. The zero-order chi connectivity index (χ0) is 23.3. The van der Waals surface area contributed by atoms with Crippen molar-refractivity contribution in [1.82, 2.24) is 0 Å². The number of alkyl halides is 2. The van der Waals surface area contributed by atoms with Crippen LogP contribution in [0.15, 0.2) is 71.6 Å². The predicted octanol–water partition coefficient (Wildman–Crippen LogP) is 4.49. The molecule has 0 atom stereocenters. The first-order valence-electron chi connectivity index (χ1n) is 9.01. The van der Waals surface area contributed by atoms with Gasteiger partial charge < -0.3 is 14.8 Å². The molecular weight excluding hydrogens is 449 g/mol. The van der Waals surface area contributed by atoms with Crippen LogP contribution in [-0.2, 0) is 10.0 Å². The van der Waals surface area contributed by atoms with E-state index in [0.717, 1.165) is 30.3 Å². The Hall–Kier alpha value is -3.73. The third kappa shape index (κ3) is 5.49. The number of methoxy groups -OCH3 is 1. The van der Waals surface area contributed by atoms with E-state index < -0.39 is 28.4 Å². The Morgan fingerprint density at radius 3 is 2.22 bits per heavy atom. The van der Waals surface area contributed by atoms with Crippen molar-refractivity contribution >= 4 is 27.3 Å². The molecule has 32 heavy (non-hydrogen) atoms. The fraction of sp³-hybridized carbons (Fsp3) is 0.0952. The Morgan fingerprint density at radius 1 is 0.938 bits per heavy atom. The predicted molar refractivity (Wildman–Crippen MR) is 111 cm³/mol. The molecule has 0 aliphatic rings. The number of carbonyl (C=O) groups is 1. The van der Waals surface area contributed by atoms with Crippen molar-refractivity contribution in [2.24, 2.45) is 0 Å². The molecule has 3 aromatic carbocycles. The first-order chi connectivity index (χ1) is 15.2. The van der Waals surface area contributed by atoms with Gasteiger partial charge in [0.05, 0.1) is 23.4 Å². The van der Waals surface area contributed by atoms with Crippen molar-refractivity contribution in [3.63, 3.8) is 0 Å². The van der Waals surface area contributed by atoms with Crippen LogP contribution in [-0.4, -0.2) is 28.0 Å². The minimum atomic E-state index is -4.07. The lowest BCUT2D eigenvalue weighted by Crippen LogP contribution is -2.17. The maximum atomic E-state index is 13.1. The zero-order valence-electron chi connectivity index (χ0n) is 16.5. The molecule has 0 saturated carbocycles. The molecule has 0 saturated heterocycles. The molecule has 0 heterocycles. The number of amides is 1. The summed E-state index contributed by atoms with van der Waals surface area (Å²) in [5.74, 6) is -1.62. The summed E-state index contributed by atoms with van der Waals surface area (Å²) >= 11 is 0. The second-order valence-corrected chi connectivity index (χ2v) is 7.99. The van der Waals surface area contributed by atoms with Gasteiger partial charge in [0.1, 0.15) is 5.82 Å². The minimum absolute atomic E-state index is 0.00862. The van der Waals surface area contributed by atoms with E-state index in [-0.39, 0.29) is 33.3 Å². The molecule has 0 spiro atoms. The fourth-order valence-electron chi connectivity index (χ4n) is 2.70. The van der Waals surface area contributed by atoms with E-state index >= 15 is 0 Å². The minimum Gasteiger partial charge on any atom is -0.493 e. The van der Waals surface area contributed by atoms with Gasteiger partial charge in [-0.1, -0.05) is 12.1 Å². The Kier molecular flexibility index (Phi) is 6.89. The molecule has 3 rings (SSSR count). The average molecular weight is 466 g/mol. The van der Waals surface area contributed by atoms with E-state index in [9.17, 15) is 26.4 Å². The molecule has 0 aliphatic heterocycles. The van der Waals surface area contributed by atoms with E-state index in [0.29, 0.717) is 0 Å². The van der Waals surface area contributed by atoms with Crippen LogP contribution in [0.3, 0.4) is 0 Å². The molecule has 168 valence electrons. The van der Waals surface area contributed by atoms with E-state index in [1.165, 1.54) is 31.4 Å². The average Bonchev–Trinajstić information content (AvgIpc) is 2.74. The Labute approximate surface area is 181 Å². The van der Waals surface area contributed by atoms with Gasteiger partial charge in [0, 0.05) is 5.56 Å². The maximum Gasteiger partial charge on any atom is 0.387 e. The van der Waals surface area contributed by atoms with Gasteiger partial charge in [0.2, 0.25) is 0 Å². The summed E-state index contributed by atoms with van der Waals surface area (Å²) in [7, 11) is -2.81. The summed E-state index contributed by atoms with van der Waals surface area (Å²) in [5.41, 5.74) is 0.121. The molecule has 0 unspecified atom stereocenters. The van der Waals surface area contributed by atoms with E-state index in [1.54, 1.807) is 12.1 Å². The molecule has 2 N–H and O–H groups in total. The molecular formula is C21H17F3N2O5S. The lowest BCUT2D eigenvalue weighted by molar-refractivity contribution is -0.0512. The number of halogens is 3. The third-order valence-corrected chi connectivity index (χ3v) is 5.57. The lowest BCUT2D eigenvalue weighted by atomic mass is 10.1. The normalized spacial score (nSPS) is 11.2. The summed E-state index contributed by atoms with van der Waals surface area (Å²) in [6, 6.07) is 13.9. The highest BCUT2D eigenvalue weighted by Crippen LogP contribution is 2.30. The van der Waals surface area contributed by atoms with Gasteiger partial charge in [-0.15, -0.1) is 0 Å². The molecule has 3 aromatic rings. The van der Waals surface area contributed by atoms with Crippen LogP contribution in [0.1, 0.15) is 10.4 Å². The van der Waals surface area contributed by atoms with Crippen molar-refractivity contribution < 1.29 is 35.9 Å². The quantitative estimate of drug-likeness (QED) is 0.510. The third-order valence-electron chi connectivity index (χ3n) is 4.19. The smallest absolute Gasteiger partial charge is 0.387 e. The van der Waals surface area contributed by atoms with Crippen molar-refractivity contribution in [2.75, 3.05) is 17.1 Å². The van der Waals surface area contributed by atoms with Crippen LogP contribution < -0.4 is 19.5 Å². The highest BCUT2D eigenvalue weighted by molar-refractivity contribution is 7.92. The van der Waals surface area contributed by atoms with Crippen LogP contribution in [0.4, 0.5) is 24.5 Å². The number of benzene rings is 3. The molecule has 1 amide bonds. The van der Waals surface area contributed by atoms with Gasteiger partial charge in [-0.2, -0.15) is 8.78 Å². The van der Waals surface area contributed by atoms with Gasteiger partial charge >= 0.3 is 6.61 Å². The topological polar surface area (TPSA) is 93.7 Å². The Bertz CT molecular complexity index is 1220. The number of hydrogen-bond donors (Lipinski definition) is 2. The molecule has 0 aliphatic carbocycles. The molecule has 11 heteroatoms. The first kappa shape index (κ1) is 22.9.